The fourth-order valence-corrected chi connectivity index (χ4v) is 2.64. The standard InChI is InChI=1S/C15H18FN3OS.2ClH/c1-17-7-2-8-18-15(20)13-10-21-14(19-13)9-11-3-5-12(16)6-4-11;;/h3-6,10,17H,2,7-9H2,1H3,(H,18,20);2*1H. The molecule has 1 heterocycles. The molecule has 0 unspecified atom stereocenters. The number of rotatable bonds is 7. The molecule has 0 saturated carbocycles. The van der Waals surface area contributed by atoms with Gasteiger partial charge < -0.3 is 10.6 Å². The van der Waals surface area contributed by atoms with Crippen molar-refractivity contribution in [2.24, 2.45) is 0 Å². The number of carbonyl (C=O) groups excluding carboxylic acids is 1. The highest BCUT2D eigenvalue weighted by molar-refractivity contribution is 7.09. The lowest BCUT2D eigenvalue weighted by Crippen LogP contribution is -2.26. The predicted molar refractivity (Wildman–Crippen MR) is 96.7 cm³/mol. The smallest absolute Gasteiger partial charge is 0.270 e. The number of hydrogen-bond donors (Lipinski definition) is 2. The quantitative estimate of drug-likeness (QED) is 0.726. The van der Waals surface area contributed by atoms with Gasteiger partial charge in [-0.1, -0.05) is 12.1 Å². The van der Waals surface area contributed by atoms with Crippen molar-refractivity contribution in [3.63, 3.8) is 0 Å². The Balaban J connectivity index is 0.00000242. The van der Waals surface area contributed by atoms with Crippen LogP contribution in [0, 0.1) is 5.82 Å². The Bertz CT molecular complexity index is 593. The summed E-state index contributed by atoms with van der Waals surface area (Å²) in [6, 6.07) is 6.32. The Labute approximate surface area is 151 Å². The molecular weight excluding hydrogens is 360 g/mol. The van der Waals surface area contributed by atoms with Gasteiger partial charge in [-0.25, -0.2) is 9.37 Å². The summed E-state index contributed by atoms with van der Waals surface area (Å²) in [6.07, 6.45) is 1.49. The fourth-order valence-electron chi connectivity index (χ4n) is 1.83. The highest BCUT2D eigenvalue weighted by Gasteiger charge is 2.10. The van der Waals surface area contributed by atoms with Crippen LogP contribution in [-0.2, 0) is 6.42 Å². The number of nitrogens with one attached hydrogen (secondary N) is 2. The minimum atomic E-state index is -0.250. The topological polar surface area (TPSA) is 54.0 Å². The van der Waals surface area contributed by atoms with Gasteiger partial charge in [0.1, 0.15) is 11.5 Å². The predicted octanol–water partition coefficient (Wildman–Crippen LogP) is 3.06. The summed E-state index contributed by atoms with van der Waals surface area (Å²) >= 11 is 1.44. The molecule has 128 valence electrons. The molecule has 0 radical (unpaired) electrons. The van der Waals surface area contributed by atoms with Crippen molar-refractivity contribution in [2.75, 3.05) is 20.1 Å². The van der Waals surface area contributed by atoms with Crippen molar-refractivity contribution in [2.45, 2.75) is 12.8 Å². The van der Waals surface area contributed by atoms with Crippen LogP contribution in [0.3, 0.4) is 0 Å². The molecule has 2 N–H and O–H groups in total. The molecule has 2 aromatic rings. The number of carbonyl (C=O) groups is 1. The van der Waals surface area contributed by atoms with E-state index in [-0.39, 0.29) is 36.5 Å². The lowest BCUT2D eigenvalue weighted by Gasteiger charge is -2.02. The van der Waals surface area contributed by atoms with Crippen LogP contribution in [0.5, 0.6) is 0 Å². The van der Waals surface area contributed by atoms with E-state index in [9.17, 15) is 9.18 Å². The second-order valence-electron chi connectivity index (χ2n) is 4.64. The van der Waals surface area contributed by atoms with Gasteiger partial charge in [0.05, 0.1) is 5.01 Å². The van der Waals surface area contributed by atoms with Crippen molar-refractivity contribution in [3.8, 4) is 0 Å². The second kappa shape index (κ2) is 11.3. The van der Waals surface area contributed by atoms with Gasteiger partial charge in [0.25, 0.3) is 5.91 Å². The zero-order chi connectivity index (χ0) is 15.1. The van der Waals surface area contributed by atoms with Crippen LogP contribution in [0.1, 0.15) is 27.5 Å². The molecular formula is C15H20Cl2FN3OS. The first-order valence-electron chi connectivity index (χ1n) is 6.80. The van der Waals surface area contributed by atoms with E-state index in [0.717, 1.165) is 23.5 Å². The molecule has 0 atom stereocenters. The second-order valence-corrected chi connectivity index (χ2v) is 5.59. The number of amides is 1. The number of aromatic nitrogens is 1. The zero-order valence-corrected chi connectivity index (χ0v) is 15.1. The summed E-state index contributed by atoms with van der Waals surface area (Å²) in [4.78, 5) is 16.2. The summed E-state index contributed by atoms with van der Waals surface area (Å²) in [5.74, 6) is -0.396. The molecule has 0 bridgehead atoms. The summed E-state index contributed by atoms with van der Waals surface area (Å²) in [6.45, 7) is 1.50. The Morgan fingerprint density at radius 3 is 2.57 bits per heavy atom. The fraction of sp³-hybridized carbons (Fsp3) is 0.333. The summed E-state index contributed by atoms with van der Waals surface area (Å²) in [5.41, 5.74) is 1.42. The minimum absolute atomic E-state index is 0. The van der Waals surface area contributed by atoms with Crippen LogP contribution in [0.25, 0.3) is 0 Å². The van der Waals surface area contributed by atoms with Crippen molar-refractivity contribution in [1.82, 2.24) is 15.6 Å². The van der Waals surface area contributed by atoms with E-state index in [4.69, 9.17) is 0 Å². The summed E-state index contributed by atoms with van der Waals surface area (Å²) in [5, 5.41) is 8.46. The maximum atomic E-state index is 12.8. The van der Waals surface area contributed by atoms with E-state index in [1.807, 2.05) is 7.05 Å². The van der Waals surface area contributed by atoms with Gasteiger partial charge in [-0.05, 0) is 37.7 Å². The van der Waals surface area contributed by atoms with E-state index >= 15 is 0 Å². The highest BCUT2D eigenvalue weighted by Crippen LogP contribution is 2.15. The van der Waals surface area contributed by atoms with Crippen molar-refractivity contribution in [3.05, 3.63) is 51.7 Å². The SMILES string of the molecule is CNCCCNC(=O)c1csc(Cc2ccc(F)cc2)n1.Cl.Cl. The lowest BCUT2D eigenvalue weighted by atomic mass is 10.1. The van der Waals surface area contributed by atoms with Gasteiger partial charge in [-0.2, -0.15) is 0 Å². The molecule has 0 aliphatic heterocycles. The number of benzene rings is 1. The van der Waals surface area contributed by atoms with Gasteiger partial charge in [0.2, 0.25) is 0 Å². The molecule has 0 spiro atoms. The molecule has 0 saturated heterocycles. The van der Waals surface area contributed by atoms with Crippen LogP contribution in [-0.4, -0.2) is 31.0 Å². The molecule has 4 nitrogen and oxygen atoms in total. The van der Waals surface area contributed by atoms with E-state index < -0.39 is 0 Å². The highest BCUT2D eigenvalue weighted by atomic mass is 35.5. The zero-order valence-electron chi connectivity index (χ0n) is 12.7. The maximum absolute atomic E-state index is 12.8. The van der Waals surface area contributed by atoms with Crippen molar-refractivity contribution in [1.29, 1.82) is 0 Å². The Morgan fingerprint density at radius 1 is 1.22 bits per heavy atom. The molecule has 0 aliphatic carbocycles. The van der Waals surface area contributed by atoms with Gasteiger partial charge in [-0.3, -0.25) is 4.79 Å². The Morgan fingerprint density at radius 2 is 1.91 bits per heavy atom. The number of thiazole rings is 1. The van der Waals surface area contributed by atoms with Crippen LogP contribution in [0.15, 0.2) is 29.6 Å². The van der Waals surface area contributed by atoms with E-state index in [2.05, 4.69) is 15.6 Å². The normalized spacial score (nSPS) is 9.65. The van der Waals surface area contributed by atoms with E-state index in [1.165, 1.54) is 23.5 Å². The van der Waals surface area contributed by atoms with Gasteiger partial charge >= 0.3 is 0 Å². The van der Waals surface area contributed by atoms with Crippen LogP contribution in [0.4, 0.5) is 4.39 Å². The van der Waals surface area contributed by atoms with Crippen molar-refractivity contribution < 1.29 is 9.18 Å². The van der Waals surface area contributed by atoms with Gasteiger partial charge in [-0.15, -0.1) is 36.2 Å². The largest absolute Gasteiger partial charge is 0.351 e. The average molecular weight is 380 g/mol. The lowest BCUT2D eigenvalue weighted by molar-refractivity contribution is 0.0949. The van der Waals surface area contributed by atoms with Crippen LogP contribution >= 0.6 is 36.2 Å². The average Bonchev–Trinajstić information content (AvgIpc) is 2.94. The molecule has 1 aromatic carbocycles. The van der Waals surface area contributed by atoms with Crippen molar-refractivity contribution >= 4 is 42.1 Å². The van der Waals surface area contributed by atoms with Gasteiger partial charge in [0, 0.05) is 18.3 Å². The van der Waals surface area contributed by atoms with E-state index in [0.29, 0.717) is 18.7 Å². The molecule has 2 rings (SSSR count). The number of nitrogens with zero attached hydrogens (tertiary/aromatic N) is 1. The summed E-state index contributed by atoms with van der Waals surface area (Å²) in [7, 11) is 1.88. The number of halogens is 3. The first kappa shape index (κ1) is 21.8. The monoisotopic (exact) mass is 379 g/mol. The first-order chi connectivity index (χ1) is 10.2. The van der Waals surface area contributed by atoms with Crippen LogP contribution < -0.4 is 10.6 Å². The Kier molecular flexibility index (Phi) is 10.7. The van der Waals surface area contributed by atoms with E-state index in [1.54, 1.807) is 17.5 Å². The third kappa shape index (κ3) is 7.26. The Hall–Kier alpha value is -1.21. The number of hydrogen-bond acceptors (Lipinski definition) is 4. The molecule has 23 heavy (non-hydrogen) atoms. The molecule has 0 fully saturated rings. The third-order valence-electron chi connectivity index (χ3n) is 2.94. The molecule has 0 aliphatic rings. The van der Waals surface area contributed by atoms with Gasteiger partial charge in [0.15, 0.2) is 0 Å². The molecule has 8 heteroatoms. The molecule has 1 aromatic heterocycles. The third-order valence-corrected chi connectivity index (χ3v) is 3.79. The minimum Gasteiger partial charge on any atom is -0.351 e. The maximum Gasteiger partial charge on any atom is 0.270 e. The van der Waals surface area contributed by atoms with Crippen LogP contribution in [0.2, 0.25) is 0 Å². The molecule has 1 amide bonds. The first-order valence-corrected chi connectivity index (χ1v) is 7.68. The summed E-state index contributed by atoms with van der Waals surface area (Å²) < 4.78 is 12.8.